The molecule has 2 aliphatic rings. The summed E-state index contributed by atoms with van der Waals surface area (Å²) in [5, 5.41) is 3.46. The highest BCUT2D eigenvalue weighted by atomic mass is 79.9. The van der Waals surface area contributed by atoms with Gasteiger partial charge in [0.25, 0.3) is 0 Å². The summed E-state index contributed by atoms with van der Waals surface area (Å²) in [6, 6.07) is 6.73. The third kappa shape index (κ3) is 2.43. The SMILES string of the molecule is CN1CC(CC2CCNCC2)c2cc(Br)ccc21. The topological polar surface area (TPSA) is 15.3 Å². The summed E-state index contributed by atoms with van der Waals surface area (Å²) < 4.78 is 1.21. The zero-order chi connectivity index (χ0) is 12.5. The maximum absolute atomic E-state index is 3.61. The highest BCUT2D eigenvalue weighted by molar-refractivity contribution is 9.10. The molecule has 0 saturated carbocycles. The van der Waals surface area contributed by atoms with E-state index in [0.29, 0.717) is 0 Å². The predicted molar refractivity (Wildman–Crippen MR) is 80.4 cm³/mol. The number of fused-ring (bicyclic) bond motifs is 1. The van der Waals surface area contributed by atoms with Crippen molar-refractivity contribution in [2.45, 2.75) is 25.2 Å². The molecular formula is C15H21BrN2. The Balaban J connectivity index is 1.76. The Morgan fingerprint density at radius 3 is 2.89 bits per heavy atom. The third-order valence-corrected chi connectivity index (χ3v) is 4.90. The first kappa shape index (κ1) is 12.5. The molecular weight excluding hydrogens is 288 g/mol. The molecule has 3 rings (SSSR count). The molecule has 2 heterocycles. The van der Waals surface area contributed by atoms with Gasteiger partial charge in [0.15, 0.2) is 0 Å². The average molecular weight is 309 g/mol. The molecule has 0 bridgehead atoms. The van der Waals surface area contributed by atoms with Crippen molar-refractivity contribution in [2.75, 3.05) is 31.6 Å². The number of hydrogen-bond acceptors (Lipinski definition) is 2. The second-order valence-electron chi connectivity index (χ2n) is 5.71. The number of nitrogens with one attached hydrogen (secondary N) is 1. The van der Waals surface area contributed by atoms with Gasteiger partial charge in [-0.15, -0.1) is 0 Å². The second-order valence-corrected chi connectivity index (χ2v) is 6.63. The van der Waals surface area contributed by atoms with Crippen LogP contribution in [0.4, 0.5) is 5.69 Å². The number of nitrogens with zero attached hydrogens (tertiary/aromatic N) is 1. The van der Waals surface area contributed by atoms with E-state index in [1.165, 1.54) is 49.1 Å². The van der Waals surface area contributed by atoms with E-state index in [4.69, 9.17) is 0 Å². The molecule has 1 aromatic carbocycles. The number of rotatable bonds is 2. The lowest BCUT2D eigenvalue weighted by Gasteiger charge is -2.25. The van der Waals surface area contributed by atoms with E-state index in [2.05, 4.69) is 51.4 Å². The van der Waals surface area contributed by atoms with Crippen molar-refractivity contribution in [3.05, 3.63) is 28.2 Å². The predicted octanol–water partition coefficient (Wildman–Crippen LogP) is 3.37. The van der Waals surface area contributed by atoms with Crippen molar-refractivity contribution in [3.63, 3.8) is 0 Å². The highest BCUT2D eigenvalue weighted by Gasteiger charge is 2.29. The molecule has 0 radical (unpaired) electrons. The first-order chi connectivity index (χ1) is 8.74. The maximum atomic E-state index is 3.61. The number of piperidine rings is 1. The Morgan fingerprint density at radius 1 is 1.33 bits per heavy atom. The van der Waals surface area contributed by atoms with Gasteiger partial charge in [0, 0.05) is 29.7 Å². The fourth-order valence-electron chi connectivity index (χ4n) is 3.45. The minimum Gasteiger partial charge on any atom is -0.374 e. The normalized spacial score (nSPS) is 24.3. The number of benzene rings is 1. The van der Waals surface area contributed by atoms with Crippen molar-refractivity contribution in [3.8, 4) is 0 Å². The molecule has 0 amide bonds. The van der Waals surface area contributed by atoms with Crippen LogP contribution in [0.3, 0.4) is 0 Å². The standard InChI is InChI=1S/C15H21BrN2/c1-18-10-12(8-11-4-6-17-7-5-11)14-9-13(16)2-3-15(14)18/h2-3,9,11-12,17H,4-8,10H2,1H3. The number of halogens is 1. The number of anilines is 1. The number of likely N-dealkylation sites (N-methyl/N-ethyl adjacent to an activating group) is 1. The summed E-state index contributed by atoms with van der Waals surface area (Å²) in [5.74, 6) is 1.64. The van der Waals surface area contributed by atoms with Gasteiger partial charge < -0.3 is 10.2 Å². The summed E-state index contributed by atoms with van der Waals surface area (Å²) in [4.78, 5) is 2.41. The Morgan fingerprint density at radius 2 is 2.11 bits per heavy atom. The van der Waals surface area contributed by atoms with Gasteiger partial charge in [-0.1, -0.05) is 15.9 Å². The van der Waals surface area contributed by atoms with Gasteiger partial charge in [-0.2, -0.15) is 0 Å². The van der Waals surface area contributed by atoms with E-state index in [1.807, 2.05) is 0 Å². The summed E-state index contributed by atoms with van der Waals surface area (Å²) in [5.41, 5.74) is 2.97. The Bertz CT molecular complexity index is 427. The van der Waals surface area contributed by atoms with E-state index in [9.17, 15) is 0 Å². The smallest absolute Gasteiger partial charge is 0.0400 e. The lowest BCUT2D eigenvalue weighted by molar-refractivity contribution is 0.335. The summed E-state index contributed by atoms with van der Waals surface area (Å²) >= 11 is 3.61. The molecule has 0 aliphatic carbocycles. The molecule has 1 saturated heterocycles. The van der Waals surface area contributed by atoms with E-state index in [-0.39, 0.29) is 0 Å². The zero-order valence-electron chi connectivity index (χ0n) is 11.0. The third-order valence-electron chi connectivity index (χ3n) is 4.41. The first-order valence-corrected chi connectivity index (χ1v) is 7.74. The molecule has 1 atom stereocenters. The minimum atomic E-state index is 0.727. The van der Waals surface area contributed by atoms with Gasteiger partial charge >= 0.3 is 0 Å². The monoisotopic (exact) mass is 308 g/mol. The van der Waals surface area contributed by atoms with Crippen molar-refractivity contribution >= 4 is 21.6 Å². The Labute approximate surface area is 118 Å². The van der Waals surface area contributed by atoms with Gasteiger partial charge in [-0.25, -0.2) is 0 Å². The molecule has 18 heavy (non-hydrogen) atoms. The summed E-state index contributed by atoms with van der Waals surface area (Å²) in [6.07, 6.45) is 4.06. The fraction of sp³-hybridized carbons (Fsp3) is 0.600. The van der Waals surface area contributed by atoms with E-state index in [1.54, 1.807) is 5.56 Å². The summed E-state index contributed by atoms with van der Waals surface area (Å²) in [6.45, 7) is 3.60. The molecule has 1 N–H and O–H groups in total. The molecule has 1 unspecified atom stereocenters. The quantitative estimate of drug-likeness (QED) is 0.901. The van der Waals surface area contributed by atoms with Crippen LogP contribution in [0.5, 0.6) is 0 Å². The number of hydrogen-bond donors (Lipinski definition) is 1. The van der Waals surface area contributed by atoms with Crippen molar-refractivity contribution < 1.29 is 0 Å². The van der Waals surface area contributed by atoms with Crippen molar-refractivity contribution in [1.29, 1.82) is 0 Å². The van der Waals surface area contributed by atoms with E-state index >= 15 is 0 Å². The largest absolute Gasteiger partial charge is 0.374 e. The van der Waals surface area contributed by atoms with Crippen molar-refractivity contribution in [1.82, 2.24) is 5.32 Å². The van der Waals surface area contributed by atoms with Crippen LogP contribution >= 0.6 is 15.9 Å². The average Bonchev–Trinajstić information content (AvgIpc) is 2.67. The lowest BCUT2D eigenvalue weighted by Crippen LogP contribution is -2.29. The second kappa shape index (κ2) is 5.22. The van der Waals surface area contributed by atoms with Crippen LogP contribution in [-0.2, 0) is 0 Å². The van der Waals surface area contributed by atoms with Gasteiger partial charge in [0.2, 0.25) is 0 Å². The van der Waals surface area contributed by atoms with Crippen LogP contribution in [0.2, 0.25) is 0 Å². The van der Waals surface area contributed by atoms with Gasteiger partial charge in [0.05, 0.1) is 0 Å². The van der Waals surface area contributed by atoms with Crippen molar-refractivity contribution in [2.24, 2.45) is 5.92 Å². The Kier molecular flexibility index (Phi) is 3.62. The molecule has 1 fully saturated rings. The molecule has 3 heteroatoms. The van der Waals surface area contributed by atoms with E-state index < -0.39 is 0 Å². The fourth-order valence-corrected chi connectivity index (χ4v) is 3.83. The lowest BCUT2D eigenvalue weighted by atomic mass is 9.85. The van der Waals surface area contributed by atoms with Crippen LogP contribution in [0.1, 0.15) is 30.7 Å². The van der Waals surface area contributed by atoms with E-state index in [0.717, 1.165) is 11.8 Å². The highest BCUT2D eigenvalue weighted by Crippen LogP contribution is 2.41. The molecule has 98 valence electrons. The van der Waals surface area contributed by atoms with Gasteiger partial charge in [-0.05, 0) is 62.0 Å². The van der Waals surface area contributed by atoms with Crippen LogP contribution in [0.15, 0.2) is 22.7 Å². The maximum Gasteiger partial charge on any atom is 0.0400 e. The minimum absolute atomic E-state index is 0.727. The molecule has 2 aliphatic heterocycles. The first-order valence-electron chi connectivity index (χ1n) is 6.95. The van der Waals surface area contributed by atoms with Crippen LogP contribution in [-0.4, -0.2) is 26.7 Å². The van der Waals surface area contributed by atoms with Gasteiger partial charge in [0.1, 0.15) is 0 Å². The Hall–Kier alpha value is -0.540. The van der Waals surface area contributed by atoms with Crippen LogP contribution in [0, 0.1) is 5.92 Å². The van der Waals surface area contributed by atoms with Crippen LogP contribution < -0.4 is 10.2 Å². The molecule has 1 aromatic rings. The summed E-state index contributed by atoms with van der Waals surface area (Å²) in [7, 11) is 2.22. The van der Waals surface area contributed by atoms with Gasteiger partial charge in [-0.3, -0.25) is 0 Å². The van der Waals surface area contributed by atoms with Crippen LogP contribution in [0.25, 0.3) is 0 Å². The molecule has 0 aromatic heterocycles. The molecule has 0 spiro atoms. The molecule has 2 nitrogen and oxygen atoms in total. The zero-order valence-corrected chi connectivity index (χ0v) is 12.5.